The number of fused-ring (bicyclic) bond motifs is 1. The number of hydrogen-bond donors (Lipinski definition) is 1. The van der Waals surface area contributed by atoms with Crippen molar-refractivity contribution >= 4 is 23.9 Å². The van der Waals surface area contributed by atoms with Gasteiger partial charge in [-0.3, -0.25) is 4.42 Å². The number of anilines is 1. The Bertz CT molecular complexity index is 304. The van der Waals surface area contributed by atoms with Gasteiger partial charge in [-0.05, 0) is 0 Å². The van der Waals surface area contributed by atoms with Crippen molar-refractivity contribution in [1.82, 2.24) is 19.2 Å². The summed E-state index contributed by atoms with van der Waals surface area (Å²) in [7, 11) is 0. The van der Waals surface area contributed by atoms with Crippen molar-refractivity contribution in [1.29, 1.82) is 0 Å². The van der Waals surface area contributed by atoms with Crippen LogP contribution in [0.3, 0.4) is 0 Å². The quantitative estimate of drug-likeness (QED) is 0.569. The van der Waals surface area contributed by atoms with Crippen LogP contribution < -0.4 is 5.73 Å². The molecule has 2 heterocycles. The van der Waals surface area contributed by atoms with Crippen LogP contribution in [0.4, 0.5) is 5.95 Å². The Morgan fingerprint density at radius 1 is 1.55 bits per heavy atom. The van der Waals surface area contributed by atoms with Crippen molar-refractivity contribution in [2.45, 2.75) is 6.54 Å². The highest BCUT2D eigenvalue weighted by atomic mass is 35.5. The molecule has 0 atom stereocenters. The van der Waals surface area contributed by atoms with E-state index in [0.29, 0.717) is 6.54 Å². The number of nitrogens with zero attached hydrogens (tertiary/aromatic N) is 4. The Kier molecular flexibility index (Phi) is 1.25. The molecule has 0 saturated heterocycles. The first-order valence-electron chi connectivity index (χ1n) is 3.07. The number of aromatic nitrogens is 3. The van der Waals surface area contributed by atoms with Crippen molar-refractivity contribution in [2.24, 2.45) is 0 Å². The summed E-state index contributed by atoms with van der Waals surface area (Å²) in [4.78, 5) is 3.95. The zero-order valence-corrected chi connectivity index (χ0v) is 6.36. The summed E-state index contributed by atoms with van der Waals surface area (Å²) < 4.78 is 3.09. The Morgan fingerprint density at radius 2 is 2.36 bits per heavy atom. The van der Waals surface area contributed by atoms with Gasteiger partial charge in [0.2, 0.25) is 5.95 Å². The SMILES string of the molecule is Nc1nc2n(n1)C=CN(Cl)C2. The summed E-state index contributed by atoms with van der Waals surface area (Å²) in [5, 5.41) is 3.90. The maximum atomic E-state index is 5.68. The first-order valence-corrected chi connectivity index (χ1v) is 3.41. The van der Waals surface area contributed by atoms with Crippen LogP contribution in [0.2, 0.25) is 0 Å². The number of rotatable bonds is 0. The van der Waals surface area contributed by atoms with Crippen molar-refractivity contribution in [3.8, 4) is 0 Å². The molecule has 0 radical (unpaired) electrons. The second-order valence-electron chi connectivity index (χ2n) is 2.19. The maximum absolute atomic E-state index is 5.68. The lowest BCUT2D eigenvalue weighted by Crippen LogP contribution is -2.13. The van der Waals surface area contributed by atoms with Crippen molar-refractivity contribution < 1.29 is 0 Å². The molecule has 58 valence electrons. The maximum Gasteiger partial charge on any atom is 0.240 e. The number of hydrogen-bond acceptors (Lipinski definition) is 4. The van der Waals surface area contributed by atoms with Crippen LogP contribution >= 0.6 is 11.8 Å². The van der Waals surface area contributed by atoms with E-state index in [9.17, 15) is 0 Å². The largest absolute Gasteiger partial charge is 0.366 e. The standard InChI is InChI=1S/C5H6ClN5/c6-10-1-2-11-4(3-10)8-5(7)9-11/h1-2H,3H2,(H2,7,9). The van der Waals surface area contributed by atoms with Crippen LogP contribution in [0.15, 0.2) is 6.20 Å². The van der Waals surface area contributed by atoms with E-state index in [0.717, 1.165) is 5.82 Å². The monoisotopic (exact) mass is 171 g/mol. The minimum Gasteiger partial charge on any atom is -0.366 e. The van der Waals surface area contributed by atoms with Gasteiger partial charge in [0.1, 0.15) is 0 Å². The summed E-state index contributed by atoms with van der Waals surface area (Å²) in [5.74, 6) is 1.02. The molecule has 0 fully saturated rings. The fourth-order valence-electron chi connectivity index (χ4n) is 0.924. The third-order valence-corrected chi connectivity index (χ3v) is 1.61. The zero-order chi connectivity index (χ0) is 7.84. The van der Waals surface area contributed by atoms with Crippen molar-refractivity contribution in [3.63, 3.8) is 0 Å². The molecule has 1 aliphatic heterocycles. The van der Waals surface area contributed by atoms with E-state index in [-0.39, 0.29) is 5.95 Å². The molecule has 0 unspecified atom stereocenters. The molecule has 1 aromatic heterocycles. The zero-order valence-electron chi connectivity index (χ0n) is 5.61. The normalized spacial score (nSPS) is 15.2. The molecule has 5 nitrogen and oxygen atoms in total. The summed E-state index contributed by atoms with van der Waals surface area (Å²) in [6.45, 7) is 0.530. The highest BCUT2D eigenvalue weighted by molar-refractivity contribution is 6.14. The van der Waals surface area contributed by atoms with E-state index < -0.39 is 0 Å². The van der Waals surface area contributed by atoms with E-state index in [1.165, 1.54) is 4.42 Å². The molecule has 1 aliphatic rings. The summed E-state index contributed by atoms with van der Waals surface area (Å²) >= 11 is 5.68. The molecule has 11 heavy (non-hydrogen) atoms. The summed E-state index contributed by atoms with van der Waals surface area (Å²) in [6.07, 6.45) is 3.40. The first-order chi connectivity index (χ1) is 5.25. The van der Waals surface area contributed by atoms with Crippen LogP contribution in [-0.4, -0.2) is 19.2 Å². The van der Waals surface area contributed by atoms with E-state index >= 15 is 0 Å². The molecule has 6 heteroatoms. The third kappa shape index (κ3) is 1.03. The van der Waals surface area contributed by atoms with E-state index in [2.05, 4.69) is 10.1 Å². The summed E-state index contributed by atoms with van der Waals surface area (Å²) in [5.41, 5.74) is 5.37. The van der Waals surface area contributed by atoms with E-state index in [4.69, 9.17) is 17.5 Å². The van der Waals surface area contributed by atoms with Gasteiger partial charge >= 0.3 is 0 Å². The van der Waals surface area contributed by atoms with Crippen molar-refractivity contribution in [2.75, 3.05) is 5.73 Å². The molecule has 0 saturated carbocycles. The van der Waals surface area contributed by atoms with Crippen LogP contribution in [-0.2, 0) is 6.54 Å². The third-order valence-electron chi connectivity index (χ3n) is 1.38. The minimum absolute atomic E-state index is 0.275. The van der Waals surface area contributed by atoms with Gasteiger partial charge in [0.25, 0.3) is 0 Å². The Labute approximate surface area is 68.2 Å². The van der Waals surface area contributed by atoms with Crippen LogP contribution in [0.1, 0.15) is 5.82 Å². The number of nitrogen functional groups attached to an aromatic ring is 1. The first kappa shape index (κ1) is 6.48. The van der Waals surface area contributed by atoms with Crippen LogP contribution in [0, 0.1) is 0 Å². The average Bonchev–Trinajstić information content (AvgIpc) is 2.27. The second-order valence-corrected chi connectivity index (χ2v) is 2.62. The van der Waals surface area contributed by atoms with E-state index in [1.807, 2.05) is 0 Å². The number of halogens is 1. The highest BCUT2D eigenvalue weighted by Gasteiger charge is 2.11. The Balaban J connectivity index is 2.44. The molecule has 2 rings (SSSR count). The lowest BCUT2D eigenvalue weighted by atomic mass is 10.5. The predicted molar refractivity (Wildman–Crippen MR) is 41.2 cm³/mol. The molecule has 1 aromatic rings. The molecular weight excluding hydrogens is 166 g/mol. The van der Waals surface area contributed by atoms with Crippen LogP contribution in [0.25, 0.3) is 6.20 Å². The second kappa shape index (κ2) is 2.13. The molecule has 0 aromatic carbocycles. The van der Waals surface area contributed by atoms with Gasteiger partial charge in [-0.15, -0.1) is 5.10 Å². The molecular formula is C5H6ClN5. The molecule has 0 aliphatic carbocycles. The predicted octanol–water partition coefficient (Wildman–Crippen LogP) is 0.258. The Morgan fingerprint density at radius 3 is 3.18 bits per heavy atom. The van der Waals surface area contributed by atoms with Gasteiger partial charge in [0.15, 0.2) is 5.82 Å². The highest BCUT2D eigenvalue weighted by Crippen LogP contribution is 2.12. The fourth-order valence-corrected chi connectivity index (χ4v) is 1.08. The molecule has 0 bridgehead atoms. The number of nitrogens with two attached hydrogens (primary N) is 1. The average molecular weight is 172 g/mol. The lowest BCUT2D eigenvalue weighted by Gasteiger charge is -2.13. The van der Waals surface area contributed by atoms with Gasteiger partial charge in [0.05, 0.1) is 6.54 Å². The Hall–Kier alpha value is -1.23. The summed E-state index contributed by atoms with van der Waals surface area (Å²) in [6, 6.07) is 0. The smallest absolute Gasteiger partial charge is 0.240 e. The topological polar surface area (TPSA) is 60.0 Å². The minimum atomic E-state index is 0.275. The van der Waals surface area contributed by atoms with Gasteiger partial charge in [0, 0.05) is 24.2 Å². The van der Waals surface area contributed by atoms with Gasteiger partial charge in [-0.25, -0.2) is 4.68 Å². The van der Waals surface area contributed by atoms with E-state index in [1.54, 1.807) is 17.1 Å². The molecule has 0 spiro atoms. The van der Waals surface area contributed by atoms with Crippen molar-refractivity contribution in [3.05, 3.63) is 12.0 Å². The molecule has 2 N–H and O–H groups in total. The lowest BCUT2D eigenvalue weighted by molar-refractivity contribution is 0.544. The van der Waals surface area contributed by atoms with Gasteiger partial charge in [-0.1, -0.05) is 0 Å². The molecule has 0 amide bonds. The van der Waals surface area contributed by atoms with Crippen LogP contribution in [0.5, 0.6) is 0 Å². The van der Waals surface area contributed by atoms with Gasteiger partial charge < -0.3 is 5.73 Å². The fraction of sp³-hybridized carbons (Fsp3) is 0.200. The van der Waals surface area contributed by atoms with Gasteiger partial charge in [-0.2, -0.15) is 4.98 Å².